The summed E-state index contributed by atoms with van der Waals surface area (Å²) in [7, 11) is 0. The zero-order valence-electron chi connectivity index (χ0n) is 13.0. The smallest absolute Gasteiger partial charge is 0.359 e. The Morgan fingerprint density at radius 2 is 1.92 bits per heavy atom. The number of H-pyrrole nitrogens is 1. The first-order valence-electron chi connectivity index (χ1n) is 7.97. The van der Waals surface area contributed by atoms with Crippen LogP contribution in [-0.4, -0.2) is 28.6 Å². The van der Waals surface area contributed by atoms with Gasteiger partial charge in [0.25, 0.3) is 0 Å². The zero-order valence-corrected chi connectivity index (χ0v) is 13.0. The Bertz CT molecular complexity index is 943. The van der Waals surface area contributed by atoms with E-state index in [2.05, 4.69) is 10.2 Å². The van der Waals surface area contributed by atoms with Crippen molar-refractivity contribution in [3.8, 4) is 0 Å². The monoisotopic (exact) mass is 320 g/mol. The maximum Gasteiger partial charge on any atom is 0.359 e. The fraction of sp³-hybridized carbons (Fsp3) is 0.211. The van der Waals surface area contributed by atoms with Crippen molar-refractivity contribution in [1.82, 2.24) is 10.2 Å². The number of ketones is 1. The lowest BCUT2D eigenvalue weighted by Crippen LogP contribution is -2.15. The summed E-state index contributed by atoms with van der Waals surface area (Å²) >= 11 is 0. The number of carbonyl (C=O) groups is 2. The van der Waals surface area contributed by atoms with Crippen molar-refractivity contribution >= 4 is 22.7 Å². The Kier molecular flexibility index (Phi) is 3.61. The summed E-state index contributed by atoms with van der Waals surface area (Å²) in [5.74, 6) is -0.792. The molecule has 0 fully saturated rings. The molecule has 0 spiro atoms. The van der Waals surface area contributed by atoms with E-state index in [1.807, 2.05) is 36.4 Å². The zero-order chi connectivity index (χ0) is 16.5. The van der Waals surface area contributed by atoms with Crippen molar-refractivity contribution in [3.63, 3.8) is 0 Å². The van der Waals surface area contributed by atoms with Crippen LogP contribution in [0.5, 0.6) is 0 Å². The highest BCUT2D eigenvalue weighted by atomic mass is 16.5. The third-order valence-electron chi connectivity index (χ3n) is 4.42. The molecule has 0 saturated heterocycles. The number of fused-ring (bicyclic) bond motifs is 2. The molecule has 1 aromatic heterocycles. The van der Waals surface area contributed by atoms with Crippen LogP contribution in [0.15, 0.2) is 42.5 Å². The van der Waals surface area contributed by atoms with Crippen LogP contribution in [0.4, 0.5) is 0 Å². The Morgan fingerprint density at radius 3 is 2.83 bits per heavy atom. The summed E-state index contributed by atoms with van der Waals surface area (Å²) in [6.07, 6.45) is 3.22. The molecule has 1 heterocycles. The molecule has 0 saturated carbocycles. The second kappa shape index (κ2) is 5.92. The van der Waals surface area contributed by atoms with Crippen LogP contribution < -0.4 is 0 Å². The Morgan fingerprint density at radius 1 is 1.08 bits per heavy atom. The first kappa shape index (κ1) is 14.6. The maximum absolute atomic E-state index is 12.3. The van der Waals surface area contributed by atoms with Gasteiger partial charge in [0.05, 0.1) is 5.52 Å². The molecule has 2 aromatic carbocycles. The minimum atomic E-state index is -0.595. The van der Waals surface area contributed by atoms with Crippen LogP contribution in [0.1, 0.15) is 38.4 Å². The normalized spacial score (nSPS) is 13.0. The number of benzene rings is 2. The van der Waals surface area contributed by atoms with E-state index >= 15 is 0 Å². The maximum atomic E-state index is 12.3. The Labute approximate surface area is 138 Å². The summed E-state index contributed by atoms with van der Waals surface area (Å²) in [5, 5.41) is 7.45. The van der Waals surface area contributed by atoms with Crippen LogP contribution in [0.2, 0.25) is 0 Å². The number of aryl methyl sites for hydroxylation is 2. The molecule has 0 aliphatic heterocycles. The number of aromatic nitrogens is 2. The summed E-state index contributed by atoms with van der Waals surface area (Å²) in [4.78, 5) is 24.5. The minimum absolute atomic E-state index is 0.196. The van der Waals surface area contributed by atoms with Gasteiger partial charge in [0.1, 0.15) is 0 Å². The van der Waals surface area contributed by atoms with Gasteiger partial charge in [0.15, 0.2) is 18.1 Å². The van der Waals surface area contributed by atoms with E-state index < -0.39 is 5.97 Å². The van der Waals surface area contributed by atoms with Crippen LogP contribution >= 0.6 is 0 Å². The predicted octanol–water partition coefficient (Wildman–Crippen LogP) is 3.09. The van der Waals surface area contributed by atoms with E-state index in [0.29, 0.717) is 10.9 Å². The van der Waals surface area contributed by atoms with Crippen molar-refractivity contribution in [2.45, 2.75) is 19.3 Å². The van der Waals surface area contributed by atoms with Gasteiger partial charge in [-0.2, -0.15) is 5.10 Å². The van der Waals surface area contributed by atoms with Gasteiger partial charge in [-0.1, -0.05) is 30.3 Å². The van der Waals surface area contributed by atoms with E-state index in [-0.39, 0.29) is 18.1 Å². The number of para-hydroxylation sites is 1. The molecular weight excluding hydrogens is 304 g/mol. The molecule has 120 valence electrons. The quantitative estimate of drug-likeness (QED) is 0.592. The van der Waals surface area contributed by atoms with Crippen LogP contribution in [0.3, 0.4) is 0 Å². The lowest BCUT2D eigenvalue weighted by atomic mass is 10.0. The third kappa shape index (κ3) is 2.58. The van der Waals surface area contributed by atoms with E-state index in [1.165, 1.54) is 11.1 Å². The number of rotatable bonds is 4. The molecule has 0 bridgehead atoms. The molecule has 5 nitrogen and oxygen atoms in total. The van der Waals surface area contributed by atoms with E-state index in [9.17, 15) is 9.59 Å². The first-order valence-corrected chi connectivity index (χ1v) is 7.97. The highest BCUT2D eigenvalue weighted by Gasteiger charge is 2.18. The highest BCUT2D eigenvalue weighted by molar-refractivity contribution is 6.04. The van der Waals surface area contributed by atoms with E-state index in [4.69, 9.17) is 4.74 Å². The van der Waals surface area contributed by atoms with Gasteiger partial charge in [0.2, 0.25) is 0 Å². The molecular formula is C19H16N2O3. The molecule has 0 radical (unpaired) electrons. The minimum Gasteiger partial charge on any atom is -0.452 e. The number of aromatic amines is 1. The molecule has 4 rings (SSSR count). The highest BCUT2D eigenvalue weighted by Crippen LogP contribution is 2.23. The SMILES string of the molecule is O=C(COC(=O)c1n[nH]c2ccccc12)c1ccc2c(c1)CCC2. The van der Waals surface area contributed by atoms with Gasteiger partial charge in [-0.3, -0.25) is 9.89 Å². The van der Waals surface area contributed by atoms with Gasteiger partial charge in [-0.25, -0.2) is 4.79 Å². The molecule has 0 amide bonds. The summed E-state index contributed by atoms with van der Waals surface area (Å²) in [5.41, 5.74) is 4.09. The van der Waals surface area contributed by atoms with Crippen molar-refractivity contribution in [3.05, 3.63) is 64.8 Å². The lowest BCUT2D eigenvalue weighted by Gasteiger charge is -2.05. The van der Waals surface area contributed by atoms with Crippen LogP contribution in [0.25, 0.3) is 10.9 Å². The number of hydrogen-bond acceptors (Lipinski definition) is 4. The second-order valence-electron chi connectivity index (χ2n) is 5.95. The average Bonchev–Trinajstić information content (AvgIpc) is 3.25. The summed E-state index contributed by atoms with van der Waals surface area (Å²) < 4.78 is 5.16. The van der Waals surface area contributed by atoms with Gasteiger partial charge >= 0.3 is 5.97 Å². The predicted molar refractivity (Wildman–Crippen MR) is 89.2 cm³/mol. The largest absolute Gasteiger partial charge is 0.452 e. The van der Waals surface area contributed by atoms with Crippen LogP contribution in [-0.2, 0) is 17.6 Å². The molecule has 1 aliphatic carbocycles. The van der Waals surface area contributed by atoms with Crippen LogP contribution in [0, 0.1) is 0 Å². The standard InChI is InChI=1S/C19H16N2O3/c22-17(14-9-8-12-4-3-5-13(12)10-14)11-24-19(23)18-15-6-1-2-7-16(15)20-21-18/h1-2,6-10H,3-5,11H2,(H,20,21). The van der Waals surface area contributed by atoms with Crippen molar-refractivity contribution in [1.29, 1.82) is 0 Å². The topological polar surface area (TPSA) is 72.1 Å². The molecule has 0 atom stereocenters. The fourth-order valence-corrected chi connectivity index (χ4v) is 3.15. The van der Waals surface area contributed by atoms with Crippen molar-refractivity contribution < 1.29 is 14.3 Å². The molecule has 3 aromatic rings. The van der Waals surface area contributed by atoms with Gasteiger partial charge in [0, 0.05) is 10.9 Å². The average molecular weight is 320 g/mol. The molecule has 5 heteroatoms. The number of carbonyl (C=O) groups excluding carboxylic acids is 2. The number of hydrogen-bond donors (Lipinski definition) is 1. The number of ether oxygens (including phenoxy) is 1. The van der Waals surface area contributed by atoms with Gasteiger partial charge in [-0.05, 0) is 42.5 Å². The first-order chi connectivity index (χ1) is 11.7. The molecule has 1 N–H and O–H groups in total. The fourth-order valence-electron chi connectivity index (χ4n) is 3.15. The van der Waals surface area contributed by atoms with Gasteiger partial charge in [-0.15, -0.1) is 0 Å². The number of nitrogens with zero attached hydrogens (tertiary/aromatic N) is 1. The Hall–Kier alpha value is -2.95. The van der Waals surface area contributed by atoms with Gasteiger partial charge < -0.3 is 4.74 Å². The number of esters is 1. The van der Waals surface area contributed by atoms with E-state index in [1.54, 1.807) is 6.07 Å². The molecule has 0 unspecified atom stereocenters. The number of Topliss-reactive ketones (excluding diaryl/α,β-unsaturated/α-hetero) is 1. The summed E-state index contributed by atoms with van der Waals surface area (Å²) in [6, 6.07) is 13.0. The Balaban J connectivity index is 1.46. The van der Waals surface area contributed by atoms with Crippen molar-refractivity contribution in [2.75, 3.05) is 6.61 Å². The van der Waals surface area contributed by atoms with Crippen molar-refractivity contribution in [2.24, 2.45) is 0 Å². The molecule has 1 aliphatic rings. The summed E-state index contributed by atoms with van der Waals surface area (Å²) in [6.45, 7) is -0.279. The lowest BCUT2D eigenvalue weighted by molar-refractivity contribution is 0.0471. The second-order valence-corrected chi connectivity index (χ2v) is 5.95. The van der Waals surface area contributed by atoms with E-state index in [0.717, 1.165) is 24.8 Å². The molecule has 24 heavy (non-hydrogen) atoms. The number of nitrogens with one attached hydrogen (secondary N) is 1. The third-order valence-corrected chi connectivity index (χ3v) is 4.42.